The lowest BCUT2D eigenvalue weighted by Gasteiger charge is -2.14. The predicted octanol–water partition coefficient (Wildman–Crippen LogP) is 1.87. The number of hydrogen-bond donors (Lipinski definition) is 0. The molecule has 2 aromatic rings. The molecule has 0 atom stereocenters. The average molecular weight is 261 g/mol. The molecule has 0 fully saturated rings. The van der Waals surface area contributed by atoms with E-state index >= 15 is 0 Å². The van der Waals surface area contributed by atoms with Gasteiger partial charge in [-0.25, -0.2) is 4.39 Å². The molecule has 2 rings (SSSR count). The number of halogens is 1. The quantitative estimate of drug-likeness (QED) is 0.771. The van der Waals surface area contributed by atoms with Crippen molar-refractivity contribution < 1.29 is 9.18 Å². The molecule has 0 aliphatic rings. The summed E-state index contributed by atoms with van der Waals surface area (Å²) < 4.78 is 14.5. The topological polar surface area (TPSA) is 38.1 Å². The molecular formula is C14H16FN3O. The second-order valence-electron chi connectivity index (χ2n) is 4.62. The van der Waals surface area contributed by atoms with Crippen LogP contribution in [0.2, 0.25) is 0 Å². The van der Waals surface area contributed by atoms with Gasteiger partial charge in [0.15, 0.2) is 5.78 Å². The molecule has 1 aromatic heterocycles. The minimum Gasteiger partial charge on any atom is -0.294 e. The predicted molar refractivity (Wildman–Crippen MR) is 70.3 cm³/mol. The van der Waals surface area contributed by atoms with E-state index in [0.29, 0.717) is 18.7 Å². The third kappa shape index (κ3) is 3.72. The van der Waals surface area contributed by atoms with Crippen LogP contribution in [0.25, 0.3) is 0 Å². The molecule has 4 nitrogen and oxygen atoms in total. The van der Waals surface area contributed by atoms with E-state index in [4.69, 9.17) is 0 Å². The monoisotopic (exact) mass is 261 g/mol. The summed E-state index contributed by atoms with van der Waals surface area (Å²) in [6.07, 6.45) is 3.69. The van der Waals surface area contributed by atoms with Crippen molar-refractivity contribution in [1.82, 2.24) is 14.7 Å². The van der Waals surface area contributed by atoms with Crippen molar-refractivity contribution in [2.45, 2.75) is 6.54 Å². The summed E-state index contributed by atoms with van der Waals surface area (Å²) in [6, 6.07) is 5.62. The SMILES string of the molecule is CN(CC(=O)c1ccc(F)cc1)Cc1cnn(C)c1. The van der Waals surface area contributed by atoms with Crippen molar-refractivity contribution in [3.8, 4) is 0 Å². The van der Waals surface area contributed by atoms with Crippen LogP contribution in [0.1, 0.15) is 15.9 Å². The number of aromatic nitrogens is 2. The van der Waals surface area contributed by atoms with Gasteiger partial charge < -0.3 is 0 Å². The lowest BCUT2D eigenvalue weighted by molar-refractivity contribution is 0.0943. The number of likely N-dealkylation sites (N-methyl/N-ethyl adjacent to an activating group) is 1. The van der Waals surface area contributed by atoms with Gasteiger partial charge >= 0.3 is 0 Å². The molecule has 0 amide bonds. The van der Waals surface area contributed by atoms with Crippen LogP contribution < -0.4 is 0 Å². The molecule has 0 saturated carbocycles. The smallest absolute Gasteiger partial charge is 0.176 e. The van der Waals surface area contributed by atoms with Crippen LogP contribution in [-0.4, -0.2) is 34.1 Å². The molecule has 0 saturated heterocycles. The van der Waals surface area contributed by atoms with E-state index in [2.05, 4.69) is 5.10 Å². The molecule has 0 N–H and O–H groups in total. The Hall–Kier alpha value is -2.01. The second-order valence-corrected chi connectivity index (χ2v) is 4.62. The van der Waals surface area contributed by atoms with Crippen molar-refractivity contribution in [3.63, 3.8) is 0 Å². The Bertz CT molecular complexity index is 562. The molecule has 0 bridgehead atoms. The molecule has 19 heavy (non-hydrogen) atoms. The van der Waals surface area contributed by atoms with Gasteiger partial charge in [0, 0.05) is 30.9 Å². The molecule has 0 spiro atoms. The molecule has 100 valence electrons. The summed E-state index contributed by atoms with van der Waals surface area (Å²) in [4.78, 5) is 13.9. The third-order valence-corrected chi connectivity index (χ3v) is 2.79. The first-order chi connectivity index (χ1) is 9.04. The van der Waals surface area contributed by atoms with Gasteiger partial charge in [-0.1, -0.05) is 0 Å². The van der Waals surface area contributed by atoms with Crippen LogP contribution >= 0.6 is 0 Å². The average Bonchev–Trinajstić information content (AvgIpc) is 2.75. The molecule has 0 unspecified atom stereocenters. The first-order valence-corrected chi connectivity index (χ1v) is 5.99. The molecule has 0 aliphatic carbocycles. The summed E-state index contributed by atoms with van der Waals surface area (Å²) in [7, 11) is 3.72. The first-order valence-electron chi connectivity index (χ1n) is 5.99. The fourth-order valence-corrected chi connectivity index (χ4v) is 1.89. The number of carbonyl (C=O) groups excluding carboxylic acids is 1. The number of carbonyl (C=O) groups is 1. The van der Waals surface area contributed by atoms with Gasteiger partial charge in [0.1, 0.15) is 5.82 Å². The van der Waals surface area contributed by atoms with Gasteiger partial charge in [0.25, 0.3) is 0 Å². The molecule has 1 aromatic carbocycles. The number of Topliss-reactive ketones (excluding diaryl/α,β-unsaturated/α-hetero) is 1. The number of aryl methyl sites for hydroxylation is 1. The standard InChI is InChI=1S/C14H16FN3O/c1-17(8-11-7-16-18(2)9-11)10-14(19)12-3-5-13(15)6-4-12/h3-7,9H,8,10H2,1-2H3. The zero-order chi connectivity index (χ0) is 13.8. The summed E-state index contributed by atoms with van der Waals surface area (Å²) in [5, 5.41) is 4.08. The fraction of sp³-hybridized carbons (Fsp3) is 0.286. The van der Waals surface area contributed by atoms with Gasteiger partial charge in [-0.15, -0.1) is 0 Å². The van der Waals surface area contributed by atoms with Crippen molar-refractivity contribution in [2.75, 3.05) is 13.6 Å². The van der Waals surface area contributed by atoms with Crippen molar-refractivity contribution in [2.24, 2.45) is 7.05 Å². The second kappa shape index (κ2) is 5.75. The molecule has 1 heterocycles. The Labute approximate surface area is 111 Å². The molecule has 0 radical (unpaired) electrons. The summed E-state index contributed by atoms with van der Waals surface area (Å²) in [5.74, 6) is -0.355. The zero-order valence-electron chi connectivity index (χ0n) is 11.0. The minimum atomic E-state index is -0.333. The summed E-state index contributed by atoms with van der Waals surface area (Å²) >= 11 is 0. The van der Waals surface area contributed by atoms with Crippen LogP contribution in [0.15, 0.2) is 36.7 Å². The van der Waals surface area contributed by atoms with Gasteiger partial charge in [0.05, 0.1) is 12.7 Å². The van der Waals surface area contributed by atoms with Crippen LogP contribution in [-0.2, 0) is 13.6 Å². The number of nitrogens with zero attached hydrogens (tertiary/aromatic N) is 3. The number of hydrogen-bond acceptors (Lipinski definition) is 3. The van der Waals surface area contributed by atoms with Gasteiger partial charge in [-0.3, -0.25) is 14.4 Å². The van der Waals surface area contributed by atoms with E-state index in [9.17, 15) is 9.18 Å². The highest BCUT2D eigenvalue weighted by atomic mass is 19.1. The Kier molecular flexibility index (Phi) is 4.06. The lowest BCUT2D eigenvalue weighted by atomic mass is 10.1. The normalized spacial score (nSPS) is 10.9. The molecule has 5 heteroatoms. The maximum absolute atomic E-state index is 12.8. The van der Waals surface area contributed by atoms with E-state index < -0.39 is 0 Å². The third-order valence-electron chi connectivity index (χ3n) is 2.79. The zero-order valence-corrected chi connectivity index (χ0v) is 11.0. The Balaban J connectivity index is 1.93. The minimum absolute atomic E-state index is 0.0219. The maximum Gasteiger partial charge on any atom is 0.176 e. The van der Waals surface area contributed by atoms with Gasteiger partial charge in [0.2, 0.25) is 0 Å². The summed E-state index contributed by atoms with van der Waals surface area (Å²) in [6.45, 7) is 0.946. The van der Waals surface area contributed by atoms with Crippen molar-refractivity contribution in [3.05, 3.63) is 53.6 Å². The van der Waals surface area contributed by atoms with E-state index in [-0.39, 0.29) is 11.6 Å². The van der Waals surface area contributed by atoms with Crippen molar-refractivity contribution in [1.29, 1.82) is 0 Å². The first kappa shape index (κ1) is 13.4. The van der Waals surface area contributed by atoms with Crippen LogP contribution in [0.5, 0.6) is 0 Å². The van der Waals surface area contributed by atoms with Crippen LogP contribution in [0.4, 0.5) is 4.39 Å². The van der Waals surface area contributed by atoms with Gasteiger partial charge in [-0.05, 0) is 31.3 Å². The number of ketones is 1. The largest absolute Gasteiger partial charge is 0.294 e. The van der Waals surface area contributed by atoms with Gasteiger partial charge in [-0.2, -0.15) is 5.10 Å². The lowest BCUT2D eigenvalue weighted by Crippen LogP contribution is -2.25. The Morgan fingerprint density at radius 1 is 1.37 bits per heavy atom. The highest BCUT2D eigenvalue weighted by Crippen LogP contribution is 2.06. The van der Waals surface area contributed by atoms with E-state index in [1.165, 1.54) is 24.3 Å². The molecular weight excluding hydrogens is 245 g/mol. The van der Waals surface area contributed by atoms with E-state index in [1.54, 1.807) is 10.9 Å². The Morgan fingerprint density at radius 2 is 2.05 bits per heavy atom. The van der Waals surface area contributed by atoms with E-state index in [0.717, 1.165) is 5.56 Å². The van der Waals surface area contributed by atoms with Crippen LogP contribution in [0.3, 0.4) is 0 Å². The summed E-state index contributed by atoms with van der Waals surface area (Å²) in [5.41, 5.74) is 1.58. The Morgan fingerprint density at radius 3 is 2.63 bits per heavy atom. The highest BCUT2D eigenvalue weighted by molar-refractivity contribution is 5.97. The van der Waals surface area contributed by atoms with E-state index in [1.807, 2.05) is 25.2 Å². The fourth-order valence-electron chi connectivity index (χ4n) is 1.89. The number of benzene rings is 1. The van der Waals surface area contributed by atoms with Crippen LogP contribution in [0, 0.1) is 5.82 Å². The number of rotatable bonds is 5. The maximum atomic E-state index is 12.8. The molecule has 0 aliphatic heterocycles. The van der Waals surface area contributed by atoms with Crippen molar-refractivity contribution >= 4 is 5.78 Å². The highest BCUT2D eigenvalue weighted by Gasteiger charge is 2.10.